The number of alkyl halides is 5. The molecule has 0 aliphatic heterocycles. The van der Waals surface area contributed by atoms with Gasteiger partial charge in [-0.25, -0.2) is 13.1 Å². The van der Waals surface area contributed by atoms with Gasteiger partial charge in [0.05, 0.1) is 10.5 Å². The van der Waals surface area contributed by atoms with Crippen molar-refractivity contribution in [2.45, 2.75) is 29.8 Å². The molecule has 0 fully saturated rings. The average molecular weight is 403 g/mol. The number of anilines is 1. The standard InChI is InChI=1S/C14H18F5N3O3S/c1-20-12(23)10-8-9(26(24,25)21-2)4-5-11(10)22-7-3-6-13(15,16)14(17,18)19/h4-5,8,21-22H,3,6-7H2,1-2H3,(H,20,23). The molecule has 148 valence electrons. The third-order valence-electron chi connectivity index (χ3n) is 3.44. The Morgan fingerprint density at radius 3 is 2.23 bits per heavy atom. The molecule has 0 aliphatic carbocycles. The first kappa shape index (κ1) is 22.1. The van der Waals surface area contributed by atoms with Crippen molar-refractivity contribution in [1.82, 2.24) is 10.0 Å². The van der Waals surface area contributed by atoms with Gasteiger partial charge in [0, 0.05) is 25.7 Å². The molecule has 0 saturated carbocycles. The first-order chi connectivity index (χ1) is 11.9. The summed E-state index contributed by atoms with van der Waals surface area (Å²) in [6, 6.07) is 3.47. The van der Waals surface area contributed by atoms with Crippen molar-refractivity contribution >= 4 is 21.6 Å². The van der Waals surface area contributed by atoms with Crippen molar-refractivity contribution < 1.29 is 35.2 Å². The van der Waals surface area contributed by atoms with Crippen LogP contribution in [0, 0.1) is 0 Å². The number of hydrogen-bond acceptors (Lipinski definition) is 4. The molecular formula is C14H18F5N3O3S. The number of sulfonamides is 1. The Bertz CT molecular complexity index is 751. The molecule has 1 aromatic carbocycles. The van der Waals surface area contributed by atoms with Crippen molar-refractivity contribution in [3.63, 3.8) is 0 Å². The van der Waals surface area contributed by atoms with E-state index in [1.807, 2.05) is 0 Å². The smallest absolute Gasteiger partial charge is 0.384 e. The maximum Gasteiger partial charge on any atom is 0.453 e. The fraction of sp³-hybridized carbons (Fsp3) is 0.500. The van der Waals surface area contributed by atoms with Crippen LogP contribution in [0.25, 0.3) is 0 Å². The molecule has 3 N–H and O–H groups in total. The Morgan fingerprint density at radius 1 is 1.12 bits per heavy atom. The molecule has 0 heterocycles. The van der Waals surface area contributed by atoms with Crippen molar-refractivity contribution in [3.05, 3.63) is 23.8 Å². The van der Waals surface area contributed by atoms with Crippen LogP contribution < -0.4 is 15.4 Å². The fourth-order valence-electron chi connectivity index (χ4n) is 1.96. The molecular weight excluding hydrogens is 385 g/mol. The molecule has 1 aromatic rings. The van der Waals surface area contributed by atoms with Gasteiger partial charge in [0.2, 0.25) is 10.0 Å². The first-order valence-corrected chi connectivity index (χ1v) is 8.82. The number of amides is 1. The summed E-state index contributed by atoms with van der Waals surface area (Å²) in [7, 11) is -1.34. The second kappa shape index (κ2) is 8.16. The Labute approximate surface area is 147 Å². The molecule has 0 spiro atoms. The summed E-state index contributed by atoms with van der Waals surface area (Å²) >= 11 is 0. The van der Waals surface area contributed by atoms with E-state index in [4.69, 9.17) is 0 Å². The van der Waals surface area contributed by atoms with Gasteiger partial charge < -0.3 is 10.6 Å². The molecule has 0 radical (unpaired) electrons. The van der Waals surface area contributed by atoms with Gasteiger partial charge in [-0.15, -0.1) is 0 Å². The van der Waals surface area contributed by atoms with Gasteiger partial charge in [-0.1, -0.05) is 0 Å². The Balaban J connectivity index is 2.91. The van der Waals surface area contributed by atoms with E-state index in [0.717, 1.165) is 6.07 Å². The van der Waals surface area contributed by atoms with Crippen molar-refractivity contribution in [2.24, 2.45) is 0 Å². The second-order valence-corrected chi connectivity index (χ2v) is 7.11. The zero-order valence-electron chi connectivity index (χ0n) is 13.9. The maximum atomic E-state index is 12.9. The third kappa shape index (κ3) is 5.27. The summed E-state index contributed by atoms with van der Waals surface area (Å²) in [5.74, 6) is -5.45. The Morgan fingerprint density at radius 2 is 1.73 bits per heavy atom. The quantitative estimate of drug-likeness (QED) is 0.459. The van der Waals surface area contributed by atoms with Crippen LogP contribution in [0.1, 0.15) is 23.2 Å². The molecule has 1 amide bonds. The molecule has 12 heteroatoms. The van der Waals surface area contributed by atoms with Crippen LogP contribution in [-0.4, -0.2) is 47.1 Å². The van der Waals surface area contributed by atoms with E-state index in [1.165, 1.54) is 26.2 Å². The van der Waals surface area contributed by atoms with Crippen LogP contribution in [-0.2, 0) is 10.0 Å². The van der Waals surface area contributed by atoms with Crippen LogP contribution in [0.15, 0.2) is 23.1 Å². The van der Waals surface area contributed by atoms with Crippen LogP contribution >= 0.6 is 0 Å². The largest absolute Gasteiger partial charge is 0.453 e. The number of halogens is 5. The summed E-state index contributed by atoms with van der Waals surface area (Å²) in [6.07, 6.45) is -7.55. The number of carbonyl (C=O) groups is 1. The Kier molecular flexibility index (Phi) is 6.94. The highest BCUT2D eigenvalue weighted by molar-refractivity contribution is 7.89. The minimum atomic E-state index is -5.62. The van der Waals surface area contributed by atoms with Gasteiger partial charge in [0.1, 0.15) is 0 Å². The van der Waals surface area contributed by atoms with Crippen molar-refractivity contribution in [1.29, 1.82) is 0 Å². The molecule has 6 nitrogen and oxygen atoms in total. The minimum Gasteiger partial charge on any atom is -0.384 e. The summed E-state index contributed by atoms with van der Waals surface area (Å²) < 4.78 is 87.7. The monoisotopic (exact) mass is 403 g/mol. The van der Waals surface area contributed by atoms with Gasteiger partial charge >= 0.3 is 12.1 Å². The average Bonchev–Trinajstić information content (AvgIpc) is 2.56. The second-order valence-electron chi connectivity index (χ2n) is 5.23. The zero-order valence-corrected chi connectivity index (χ0v) is 14.7. The molecule has 0 aromatic heterocycles. The lowest BCUT2D eigenvalue weighted by Crippen LogP contribution is -2.36. The molecule has 0 unspecified atom stereocenters. The van der Waals surface area contributed by atoms with Gasteiger partial charge in [0.25, 0.3) is 5.91 Å². The normalized spacial score (nSPS) is 12.7. The highest BCUT2D eigenvalue weighted by Crippen LogP contribution is 2.38. The number of carbonyl (C=O) groups excluding carboxylic acids is 1. The predicted molar refractivity (Wildman–Crippen MR) is 84.8 cm³/mol. The molecule has 0 aliphatic rings. The number of hydrogen-bond donors (Lipinski definition) is 3. The molecule has 0 bridgehead atoms. The predicted octanol–water partition coefficient (Wildman–Crippen LogP) is 2.34. The summed E-state index contributed by atoms with van der Waals surface area (Å²) in [4.78, 5) is 11.7. The van der Waals surface area contributed by atoms with E-state index < -0.39 is 40.9 Å². The van der Waals surface area contributed by atoms with Gasteiger partial charge in [0.15, 0.2) is 0 Å². The van der Waals surface area contributed by atoms with E-state index in [2.05, 4.69) is 15.4 Å². The minimum absolute atomic E-state index is 0.0913. The summed E-state index contributed by atoms with van der Waals surface area (Å²) in [5, 5.41) is 4.86. The maximum absolute atomic E-state index is 12.9. The number of rotatable bonds is 8. The topological polar surface area (TPSA) is 87.3 Å². The summed E-state index contributed by atoms with van der Waals surface area (Å²) in [5.41, 5.74) is 0.0149. The van der Waals surface area contributed by atoms with E-state index in [9.17, 15) is 35.2 Å². The highest BCUT2D eigenvalue weighted by Gasteiger charge is 2.56. The van der Waals surface area contributed by atoms with Crippen LogP contribution in [0.5, 0.6) is 0 Å². The summed E-state index contributed by atoms with van der Waals surface area (Å²) in [6.45, 7) is -0.270. The number of benzene rings is 1. The van der Waals surface area contributed by atoms with Gasteiger partial charge in [-0.2, -0.15) is 22.0 Å². The van der Waals surface area contributed by atoms with Crippen molar-refractivity contribution in [2.75, 3.05) is 26.0 Å². The van der Waals surface area contributed by atoms with Crippen molar-refractivity contribution in [3.8, 4) is 0 Å². The number of nitrogens with one attached hydrogen (secondary N) is 3. The SMILES string of the molecule is CNC(=O)c1cc(S(=O)(=O)NC)ccc1NCCCC(F)(F)C(F)(F)F. The van der Waals surface area contributed by atoms with Crippen LogP contribution in [0.2, 0.25) is 0 Å². The zero-order chi connectivity index (χ0) is 20.2. The fourth-order valence-corrected chi connectivity index (χ4v) is 2.72. The molecule has 0 saturated heterocycles. The lowest BCUT2D eigenvalue weighted by molar-refractivity contribution is -0.284. The molecule has 0 atom stereocenters. The van der Waals surface area contributed by atoms with Crippen LogP contribution in [0.3, 0.4) is 0 Å². The van der Waals surface area contributed by atoms with E-state index in [0.29, 0.717) is 0 Å². The van der Waals surface area contributed by atoms with E-state index in [-0.39, 0.29) is 22.7 Å². The molecule has 26 heavy (non-hydrogen) atoms. The molecule has 1 rings (SSSR count). The van der Waals surface area contributed by atoms with Crippen LogP contribution in [0.4, 0.5) is 27.6 Å². The first-order valence-electron chi connectivity index (χ1n) is 7.34. The Hall–Kier alpha value is -1.95. The lowest BCUT2D eigenvalue weighted by Gasteiger charge is -2.19. The third-order valence-corrected chi connectivity index (χ3v) is 4.85. The highest BCUT2D eigenvalue weighted by atomic mass is 32.2. The van der Waals surface area contributed by atoms with Gasteiger partial charge in [-0.05, 0) is 31.7 Å². The van der Waals surface area contributed by atoms with E-state index >= 15 is 0 Å². The van der Waals surface area contributed by atoms with Gasteiger partial charge in [-0.3, -0.25) is 4.79 Å². The lowest BCUT2D eigenvalue weighted by atomic mass is 10.1. The van der Waals surface area contributed by atoms with E-state index in [1.54, 1.807) is 0 Å².